The number of halogens is 1. The van der Waals surface area contributed by atoms with Crippen LogP contribution in [-0.4, -0.2) is 52.5 Å². The minimum atomic E-state index is -0.819. The van der Waals surface area contributed by atoms with Crippen molar-refractivity contribution in [3.63, 3.8) is 0 Å². The summed E-state index contributed by atoms with van der Waals surface area (Å²) in [7, 11) is 2.00. The highest BCUT2D eigenvalue weighted by molar-refractivity contribution is 9.10. The van der Waals surface area contributed by atoms with Crippen LogP contribution in [0.15, 0.2) is 28.1 Å². The number of carbonyl (C=O) groups is 1. The molecule has 1 aliphatic heterocycles. The zero-order valence-electron chi connectivity index (χ0n) is 11.7. The van der Waals surface area contributed by atoms with Crippen LogP contribution in [0.5, 0.6) is 0 Å². The summed E-state index contributed by atoms with van der Waals surface area (Å²) in [6.45, 7) is 1.51. The lowest BCUT2D eigenvalue weighted by Crippen LogP contribution is -2.62. The van der Waals surface area contributed by atoms with Crippen LogP contribution in [0, 0.1) is 0 Å². The smallest absolute Gasteiger partial charge is 0.253 e. The Bertz CT molecular complexity index is 555. The van der Waals surface area contributed by atoms with Gasteiger partial charge in [-0.2, -0.15) is 0 Å². The molecule has 1 aliphatic rings. The van der Waals surface area contributed by atoms with Gasteiger partial charge < -0.3 is 21.2 Å². The first-order valence-corrected chi connectivity index (χ1v) is 7.36. The summed E-state index contributed by atoms with van der Waals surface area (Å²) in [5, 5.41) is 15.0. The highest BCUT2D eigenvalue weighted by atomic mass is 79.9. The molecule has 2 rings (SSSR count). The molecule has 2 heterocycles. The molecular weight excluding hydrogens is 338 g/mol. The van der Waals surface area contributed by atoms with E-state index in [0.717, 1.165) is 17.6 Å². The van der Waals surface area contributed by atoms with Crippen molar-refractivity contribution in [2.45, 2.75) is 18.4 Å². The van der Waals surface area contributed by atoms with E-state index in [1.807, 2.05) is 7.05 Å². The number of hydrogen-bond donors (Lipinski definition) is 3. The topological polar surface area (TPSA) is 104 Å². The van der Waals surface area contributed by atoms with Crippen molar-refractivity contribution in [1.29, 1.82) is 0 Å². The molecule has 0 saturated carbocycles. The molecule has 21 heavy (non-hydrogen) atoms. The number of amidine groups is 1. The zero-order chi connectivity index (χ0) is 15.5. The van der Waals surface area contributed by atoms with Gasteiger partial charge in [0.25, 0.3) is 5.91 Å². The Morgan fingerprint density at radius 3 is 2.76 bits per heavy atom. The molecule has 4 N–H and O–H groups in total. The van der Waals surface area contributed by atoms with Crippen LogP contribution < -0.4 is 11.1 Å². The molecule has 0 aliphatic carbocycles. The summed E-state index contributed by atoms with van der Waals surface area (Å²) in [5.74, 6) is -0.258. The number of likely N-dealkylation sites (tertiary alicyclic amines) is 1. The van der Waals surface area contributed by atoms with Crippen molar-refractivity contribution in [3.8, 4) is 0 Å². The van der Waals surface area contributed by atoms with E-state index in [-0.39, 0.29) is 11.7 Å². The van der Waals surface area contributed by atoms with Crippen molar-refractivity contribution in [3.05, 3.63) is 28.5 Å². The van der Waals surface area contributed by atoms with E-state index < -0.39 is 5.54 Å². The van der Waals surface area contributed by atoms with Gasteiger partial charge in [0, 0.05) is 30.0 Å². The molecule has 1 amide bonds. The van der Waals surface area contributed by atoms with Crippen LogP contribution in [-0.2, 0) is 0 Å². The highest BCUT2D eigenvalue weighted by Gasteiger charge is 2.39. The molecule has 7 nitrogen and oxygen atoms in total. The number of nitrogens with one attached hydrogen (secondary N) is 1. The SMILES string of the molecule is CN1CCC(NC(=O)c2cncc(Br)c2)(/C(N)=N/O)CC1. The van der Waals surface area contributed by atoms with Gasteiger partial charge in [0.2, 0.25) is 0 Å². The molecule has 0 unspecified atom stereocenters. The maximum atomic E-state index is 12.4. The maximum absolute atomic E-state index is 12.4. The molecule has 0 radical (unpaired) electrons. The van der Waals surface area contributed by atoms with Crippen molar-refractivity contribution in [2.24, 2.45) is 10.9 Å². The minimum Gasteiger partial charge on any atom is -0.409 e. The van der Waals surface area contributed by atoms with Gasteiger partial charge in [-0.05, 0) is 41.9 Å². The zero-order valence-corrected chi connectivity index (χ0v) is 13.3. The van der Waals surface area contributed by atoms with Gasteiger partial charge in [-0.3, -0.25) is 9.78 Å². The lowest BCUT2D eigenvalue weighted by Gasteiger charge is -2.40. The molecule has 0 atom stereocenters. The quantitative estimate of drug-likeness (QED) is 0.321. The molecule has 1 aromatic heterocycles. The van der Waals surface area contributed by atoms with Gasteiger partial charge in [0.1, 0.15) is 5.54 Å². The van der Waals surface area contributed by atoms with Gasteiger partial charge in [-0.15, -0.1) is 0 Å². The highest BCUT2D eigenvalue weighted by Crippen LogP contribution is 2.23. The normalized spacial score (nSPS) is 19.2. The Balaban J connectivity index is 2.21. The van der Waals surface area contributed by atoms with Gasteiger partial charge in [-0.1, -0.05) is 5.16 Å². The summed E-state index contributed by atoms with van der Waals surface area (Å²) < 4.78 is 0.719. The fourth-order valence-electron chi connectivity index (χ4n) is 2.37. The Kier molecular flexibility index (Phi) is 4.79. The molecule has 0 aromatic carbocycles. The standard InChI is InChI=1S/C13H18BrN5O2/c1-19-4-2-13(3-5-19,12(15)18-21)17-11(20)9-6-10(14)8-16-7-9/h6-8,21H,2-5H2,1H3,(H2,15,18)(H,17,20). The van der Waals surface area contributed by atoms with Gasteiger partial charge in [0.05, 0.1) is 5.56 Å². The lowest BCUT2D eigenvalue weighted by atomic mass is 9.86. The average Bonchev–Trinajstić information content (AvgIpc) is 2.49. The fraction of sp³-hybridized carbons (Fsp3) is 0.462. The van der Waals surface area contributed by atoms with Crippen molar-refractivity contribution < 1.29 is 10.0 Å². The van der Waals surface area contributed by atoms with Gasteiger partial charge in [0.15, 0.2) is 5.84 Å². The number of carbonyl (C=O) groups excluding carboxylic acids is 1. The van der Waals surface area contributed by atoms with Crippen LogP contribution >= 0.6 is 15.9 Å². The molecule has 1 fully saturated rings. The van der Waals surface area contributed by atoms with E-state index >= 15 is 0 Å². The van der Waals surface area contributed by atoms with Crippen LogP contribution in [0.4, 0.5) is 0 Å². The summed E-state index contributed by atoms with van der Waals surface area (Å²) in [6.07, 6.45) is 4.26. The average molecular weight is 356 g/mol. The second kappa shape index (κ2) is 6.40. The van der Waals surface area contributed by atoms with Crippen LogP contribution in [0.2, 0.25) is 0 Å². The molecular formula is C13H18BrN5O2. The van der Waals surface area contributed by atoms with Crippen LogP contribution in [0.1, 0.15) is 23.2 Å². The largest absolute Gasteiger partial charge is 0.409 e. The first kappa shape index (κ1) is 15.7. The predicted octanol–water partition coefficient (Wildman–Crippen LogP) is 0.785. The van der Waals surface area contributed by atoms with Crippen LogP contribution in [0.25, 0.3) is 0 Å². The van der Waals surface area contributed by atoms with Crippen molar-refractivity contribution in [1.82, 2.24) is 15.2 Å². The monoisotopic (exact) mass is 355 g/mol. The molecule has 1 aromatic rings. The van der Waals surface area contributed by atoms with E-state index in [9.17, 15) is 4.79 Å². The minimum absolute atomic E-state index is 0.0342. The van der Waals surface area contributed by atoms with E-state index in [1.54, 1.807) is 12.3 Å². The molecule has 1 saturated heterocycles. The first-order valence-electron chi connectivity index (χ1n) is 6.56. The molecule has 114 valence electrons. The van der Waals surface area contributed by atoms with Crippen LogP contribution in [0.3, 0.4) is 0 Å². The molecule has 0 bridgehead atoms. The number of piperidine rings is 1. The summed E-state index contributed by atoms with van der Waals surface area (Å²) >= 11 is 3.28. The van der Waals surface area contributed by atoms with E-state index in [1.165, 1.54) is 6.20 Å². The number of oxime groups is 1. The second-order valence-electron chi connectivity index (χ2n) is 5.22. The second-order valence-corrected chi connectivity index (χ2v) is 6.13. The Labute approximate surface area is 131 Å². The number of nitrogens with zero attached hydrogens (tertiary/aromatic N) is 3. The summed E-state index contributed by atoms with van der Waals surface area (Å²) in [4.78, 5) is 18.5. The summed E-state index contributed by atoms with van der Waals surface area (Å²) in [5.41, 5.74) is 5.43. The van der Waals surface area contributed by atoms with E-state index in [2.05, 4.69) is 36.3 Å². The summed E-state index contributed by atoms with van der Waals surface area (Å²) in [6, 6.07) is 1.68. The molecule has 0 spiro atoms. The third kappa shape index (κ3) is 3.51. The number of nitrogens with two attached hydrogens (primary N) is 1. The number of hydrogen-bond acceptors (Lipinski definition) is 5. The van der Waals surface area contributed by atoms with E-state index in [4.69, 9.17) is 10.9 Å². The number of amides is 1. The Hall–Kier alpha value is -1.67. The third-order valence-corrected chi connectivity index (χ3v) is 4.19. The van der Waals surface area contributed by atoms with Crippen molar-refractivity contribution in [2.75, 3.05) is 20.1 Å². The van der Waals surface area contributed by atoms with Crippen molar-refractivity contribution >= 4 is 27.7 Å². The van der Waals surface area contributed by atoms with Gasteiger partial charge >= 0.3 is 0 Å². The van der Waals surface area contributed by atoms with E-state index in [0.29, 0.717) is 18.4 Å². The molecule has 8 heteroatoms. The first-order chi connectivity index (χ1) is 9.97. The number of aromatic nitrogens is 1. The van der Waals surface area contributed by atoms with Gasteiger partial charge in [-0.25, -0.2) is 0 Å². The fourth-order valence-corrected chi connectivity index (χ4v) is 2.73. The lowest BCUT2D eigenvalue weighted by molar-refractivity contribution is 0.0886. The number of pyridine rings is 1. The Morgan fingerprint density at radius 2 is 2.19 bits per heavy atom. The third-order valence-electron chi connectivity index (χ3n) is 3.76. The Morgan fingerprint density at radius 1 is 1.52 bits per heavy atom. The maximum Gasteiger partial charge on any atom is 0.253 e. The number of rotatable bonds is 3. The predicted molar refractivity (Wildman–Crippen MR) is 82.3 cm³/mol.